The van der Waals surface area contributed by atoms with E-state index in [1.54, 1.807) is 6.92 Å². The van der Waals surface area contributed by atoms with E-state index in [1.807, 2.05) is 49.4 Å². The van der Waals surface area contributed by atoms with Crippen molar-refractivity contribution in [3.05, 3.63) is 72.6 Å². The van der Waals surface area contributed by atoms with Gasteiger partial charge in [-0.05, 0) is 77.3 Å². The SMILES string of the molecule is CCO[C@@H](Cc1ccc(OC/C=C(/C)C#Cc2cc(Br)cc(Br)c2)c(Br)c1)C(=O)O. The minimum Gasteiger partial charge on any atom is -0.488 e. The monoisotopic (exact) mass is 598 g/mol. The lowest BCUT2D eigenvalue weighted by atomic mass is 10.1. The summed E-state index contributed by atoms with van der Waals surface area (Å²) in [5.74, 6) is 5.95. The molecule has 2 aromatic carbocycles. The summed E-state index contributed by atoms with van der Waals surface area (Å²) in [6.07, 6.45) is 1.35. The number of benzene rings is 2. The molecule has 1 N–H and O–H groups in total. The van der Waals surface area contributed by atoms with Crippen molar-refractivity contribution in [3.8, 4) is 17.6 Å². The van der Waals surface area contributed by atoms with Crippen LogP contribution in [0.25, 0.3) is 0 Å². The molecule has 30 heavy (non-hydrogen) atoms. The van der Waals surface area contributed by atoms with E-state index in [1.165, 1.54) is 0 Å². The van der Waals surface area contributed by atoms with Gasteiger partial charge in [0.2, 0.25) is 0 Å². The Hall–Kier alpha value is -1.59. The lowest BCUT2D eigenvalue weighted by Gasteiger charge is -2.13. The number of aliphatic carboxylic acids is 1. The summed E-state index contributed by atoms with van der Waals surface area (Å²) in [6.45, 7) is 4.44. The van der Waals surface area contributed by atoms with Gasteiger partial charge in [0, 0.05) is 27.5 Å². The van der Waals surface area contributed by atoms with Crippen LogP contribution in [0.1, 0.15) is 25.0 Å². The number of hydrogen-bond acceptors (Lipinski definition) is 3. The van der Waals surface area contributed by atoms with Gasteiger partial charge in [-0.15, -0.1) is 0 Å². The Balaban J connectivity index is 1.97. The largest absolute Gasteiger partial charge is 0.488 e. The summed E-state index contributed by atoms with van der Waals surface area (Å²) in [5.41, 5.74) is 2.67. The molecule has 0 amide bonds. The predicted octanol–water partition coefficient (Wildman–Crippen LogP) is 6.38. The van der Waals surface area contributed by atoms with E-state index in [2.05, 4.69) is 59.6 Å². The number of hydrogen-bond donors (Lipinski definition) is 1. The molecule has 1 atom stereocenters. The van der Waals surface area contributed by atoms with Gasteiger partial charge in [-0.3, -0.25) is 0 Å². The van der Waals surface area contributed by atoms with Crippen molar-refractivity contribution in [2.75, 3.05) is 13.2 Å². The smallest absolute Gasteiger partial charge is 0.333 e. The van der Waals surface area contributed by atoms with Crippen molar-refractivity contribution in [3.63, 3.8) is 0 Å². The number of ether oxygens (including phenoxy) is 2. The molecule has 0 bridgehead atoms. The van der Waals surface area contributed by atoms with E-state index in [-0.39, 0.29) is 0 Å². The average molecular weight is 601 g/mol. The third-order valence-corrected chi connectivity index (χ3v) is 5.49. The molecule has 0 aromatic heterocycles. The highest BCUT2D eigenvalue weighted by Crippen LogP contribution is 2.27. The molecule has 0 aliphatic carbocycles. The Bertz CT molecular complexity index is 969. The normalized spacial score (nSPS) is 12.1. The third kappa shape index (κ3) is 8.27. The van der Waals surface area contributed by atoms with E-state index < -0.39 is 12.1 Å². The highest BCUT2D eigenvalue weighted by Gasteiger charge is 2.18. The Morgan fingerprint density at radius 3 is 2.47 bits per heavy atom. The summed E-state index contributed by atoms with van der Waals surface area (Å²) in [4.78, 5) is 11.2. The topological polar surface area (TPSA) is 55.8 Å². The molecule has 7 heteroatoms. The standard InChI is InChI=1S/C23H21Br3O4/c1-3-29-22(23(27)28)13-17-6-7-21(20(26)12-17)30-9-8-15(2)4-5-16-10-18(24)14-19(25)11-16/h6-8,10-12,14,22H,3,9,13H2,1-2H3,(H,27,28)/b15-8-/t22-/m0/s1. The molecule has 0 spiro atoms. The maximum Gasteiger partial charge on any atom is 0.333 e. The van der Waals surface area contributed by atoms with Crippen LogP contribution in [0.15, 0.2) is 61.5 Å². The lowest BCUT2D eigenvalue weighted by molar-refractivity contribution is -0.149. The quantitative estimate of drug-likeness (QED) is 0.357. The van der Waals surface area contributed by atoms with Gasteiger partial charge in [-0.2, -0.15) is 0 Å². The van der Waals surface area contributed by atoms with Crippen molar-refractivity contribution in [2.24, 2.45) is 0 Å². The van der Waals surface area contributed by atoms with E-state index >= 15 is 0 Å². The Morgan fingerprint density at radius 1 is 1.17 bits per heavy atom. The third-order valence-electron chi connectivity index (χ3n) is 3.96. The highest BCUT2D eigenvalue weighted by atomic mass is 79.9. The van der Waals surface area contributed by atoms with Crippen LogP contribution in [0.2, 0.25) is 0 Å². The molecule has 0 aliphatic heterocycles. The van der Waals surface area contributed by atoms with Crippen molar-refractivity contribution in [1.82, 2.24) is 0 Å². The molecular formula is C23H21Br3O4. The molecular weight excluding hydrogens is 580 g/mol. The maximum absolute atomic E-state index is 11.2. The first-order valence-corrected chi connectivity index (χ1v) is 11.6. The number of rotatable bonds is 8. The van der Waals surface area contributed by atoms with Crippen LogP contribution in [0.3, 0.4) is 0 Å². The van der Waals surface area contributed by atoms with Gasteiger partial charge < -0.3 is 14.6 Å². The first-order chi connectivity index (χ1) is 14.3. The lowest BCUT2D eigenvalue weighted by Crippen LogP contribution is -2.26. The fraction of sp³-hybridized carbons (Fsp3) is 0.261. The van der Waals surface area contributed by atoms with E-state index in [4.69, 9.17) is 9.47 Å². The minimum atomic E-state index is -0.967. The van der Waals surface area contributed by atoms with Gasteiger partial charge in [-0.1, -0.05) is 49.8 Å². The van der Waals surface area contributed by atoms with Crippen molar-refractivity contribution >= 4 is 53.8 Å². The Morgan fingerprint density at radius 2 is 1.87 bits per heavy atom. The Labute approximate surface area is 202 Å². The predicted molar refractivity (Wildman–Crippen MR) is 129 cm³/mol. The molecule has 0 radical (unpaired) electrons. The van der Waals surface area contributed by atoms with Crippen LogP contribution in [0.5, 0.6) is 5.75 Å². The summed E-state index contributed by atoms with van der Waals surface area (Å²) >= 11 is 10.4. The second-order valence-corrected chi connectivity index (χ2v) is 9.04. The van der Waals surface area contributed by atoms with Crippen LogP contribution >= 0.6 is 47.8 Å². The molecule has 0 heterocycles. The molecule has 0 saturated carbocycles. The first kappa shape index (κ1) is 24.7. The average Bonchev–Trinajstić information content (AvgIpc) is 2.67. The zero-order chi connectivity index (χ0) is 22.1. The van der Waals surface area contributed by atoms with Crippen molar-refractivity contribution in [2.45, 2.75) is 26.4 Å². The van der Waals surface area contributed by atoms with Crippen molar-refractivity contribution in [1.29, 1.82) is 0 Å². The fourth-order valence-corrected chi connectivity index (χ4v) is 4.36. The molecule has 0 saturated heterocycles. The second kappa shape index (κ2) is 12.3. The van der Waals surface area contributed by atoms with Gasteiger partial charge in [0.15, 0.2) is 6.10 Å². The number of allylic oxidation sites excluding steroid dienone is 1. The molecule has 4 nitrogen and oxygen atoms in total. The highest BCUT2D eigenvalue weighted by molar-refractivity contribution is 9.11. The zero-order valence-corrected chi connectivity index (χ0v) is 21.3. The van der Waals surface area contributed by atoms with Crippen LogP contribution in [0, 0.1) is 11.8 Å². The van der Waals surface area contributed by atoms with Gasteiger partial charge in [-0.25, -0.2) is 4.79 Å². The first-order valence-electron chi connectivity index (χ1n) is 9.19. The van der Waals surface area contributed by atoms with Crippen LogP contribution < -0.4 is 4.74 Å². The van der Waals surface area contributed by atoms with E-state index in [9.17, 15) is 9.90 Å². The summed E-state index contributed by atoms with van der Waals surface area (Å²) in [5, 5.41) is 9.22. The molecule has 0 unspecified atom stereocenters. The summed E-state index contributed by atoms with van der Waals surface area (Å²) < 4.78 is 13.8. The Kier molecular flexibility index (Phi) is 10.1. The number of carbonyl (C=O) groups is 1. The van der Waals surface area contributed by atoms with Gasteiger partial charge in [0.05, 0.1) is 4.47 Å². The molecule has 2 rings (SSSR count). The maximum atomic E-state index is 11.2. The zero-order valence-electron chi connectivity index (χ0n) is 16.5. The van der Waals surface area contributed by atoms with Crippen molar-refractivity contribution < 1.29 is 19.4 Å². The molecule has 2 aromatic rings. The number of carboxylic acid groups (broad SMARTS) is 1. The van der Waals surface area contributed by atoms with E-state index in [0.717, 1.165) is 30.1 Å². The molecule has 158 valence electrons. The fourth-order valence-electron chi connectivity index (χ4n) is 2.53. The van der Waals surface area contributed by atoms with Gasteiger partial charge in [0.1, 0.15) is 12.4 Å². The summed E-state index contributed by atoms with van der Waals surface area (Å²) in [7, 11) is 0. The van der Waals surface area contributed by atoms with Gasteiger partial charge >= 0.3 is 5.97 Å². The molecule has 0 aliphatic rings. The summed E-state index contributed by atoms with van der Waals surface area (Å²) in [6, 6.07) is 11.4. The van der Waals surface area contributed by atoms with E-state index in [0.29, 0.717) is 25.4 Å². The number of carboxylic acids is 1. The van der Waals surface area contributed by atoms with Crippen LogP contribution in [-0.4, -0.2) is 30.4 Å². The minimum absolute atomic E-state index is 0.294. The molecule has 0 fully saturated rings. The number of halogens is 3. The van der Waals surface area contributed by atoms with Gasteiger partial charge in [0.25, 0.3) is 0 Å². The second-order valence-electron chi connectivity index (χ2n) is 6.36. The van der Waals surface area contributed by atoms with Crippen LogP contribution in [-0.2, 0) is 16.0 Å². The van der Waals surface area contributed by atoms with Crippen LogP contribution in [0.4, 0.5) is 0 Å².